The molecule has 1 aliphatic rings. The zero-order valence-corrected chi connectivity index (χ0v) is 17.9. The number of likely N-dealkylation sites (tertiary alicyclic amines) is 1. The van der Waals surface area contributed by atoms with Crippen molar-refractivity contribution in [3.8, 4) is 11.5 Å². The van der Waals surface area contributed by atoms with Gasteiger partial charge in [0.15, 0.2) is 18.1 Å². The molecule has 1 heterocycles. The molecule has 0 radical (unpaired) electrons. The van der Waals surface area contributed by atoms with E-state index in [0.717, 1.165) is 5.69 Å². The number of halogens is 1. The van der Waals surface area contributed by atoms with E-state index in [4.69, 9.17) is 26.8 Å². The monoisotopic (exact) mass is 445 g/mol. The van der Waals surface area contributed by atoms with E-state index in [9.17, 15) is 14.4 Å². The Bertz CT molecular complexity index is 967. The predicted molar refractivity (Wildman–Crippen MR) is 116 cm³/mol. The number of anilines is 1. The summed E-state index contributed by atoms with van der Waals surface area (Å²) in [4.78, 5) is 38.4. The van der Waals surface area contributed by atoms with Gasteiger partial charge in [-0.25, -0.2) is 0 Å². The summed E-state index contributed by atoms with van der Waals surface area (Å²) in [6.45, 7) is 0.471. The van der Waals surface area contributed by atoms with Crippen LogP contribution in [0.3, 0.4) is 0 Å². The molecule has 3 N–H and O–H groups in total. The van der Waals surface area contributed by atoms with Crippen LogP contribution in [0.25, 0.3) is 0 Å². The van der Waals surface area contributed by atoms with Gasteiger partial charge in [-0.2, -0.15) is 0 Å². The topological polar surface area (TPSA) is 111 Å². The van der Waals surface area contributed by atoms with Crippen LogP contribution in [-0.2, 0) is 9.59 Å². The summed E-state index contributed by atoms with van der Waals surface area (Å²) in [5.74, 6) is -1.00. The van der Waals surface area contributed by atoms with E-state index < -0.39 is 5.91 Å². The van der Waals surface area contributed by atoms with Crippen molar-refractivity contribution in [3.05, 3.63) is 53.1 Å². The number of piperidine rings is 1. The molecule has 0 spiro atoms. The lowest BCUT2D eigenvalue weighted by molar-refractivity contribution is -0.121. The van der Waals surface area contributed by atoms with Crippen molar-refractivity contribution >= 4 is 35.0 Å². The van der Waals surface area contributed by atoms with Gasteiger partial charge in [0.1, 0.15) is 0 Å². The molecule has 0 unspecified atom stereocenters. The third kappa shape index (κ3) is 5.67. The molecule has 0 bridgehead atoms. The fourth-order valence-electron chi connectivity index (χ4n) is 3.45. The van der Waals surface area contributed by atoms with E-state index in [1.165, 1.54) is 19.2 Å². The van der Waals surface area contributed by atoms with Crippen LogP contribution in [0.5, 0.6) is 11.5 Å². The van der Waals surface area contributed by atoms with Gasteiger partial charge in [-0.05, 0) is 37.1 Å². The zero-order chi connectivity index (χ0) is 22.4. The van der Waals surface area contributed by atoms with Crippen molar-refractivity contribution in [1.29, 1.82) is 0 Å². The Morgan fingerprint density at radius 3 is 2.65 bits per heavy atom. The Morgan fingerprint density at radius 2 is 1.97 bits per heavy atom. The Labute approximate surface area is 185 Å². The third-order valence-corrected chi connectivity index (χ3v) is 5.24. The summed E-state index contributed by atoms with van der Waals surface area (Å²) in [5, 5.41) is 3.02. The molecule has 1 atom stereocenters. The SMILES string of the molecule is COc1cc(C(=O)N2CCC[C@H](C(=O)Nc3ccccc3)C2)cc(Cl)c1OCC(N)=O. The molecule has 8 nitrogen and oxygen atoms in total. The molecule has 0 aliphatic carbocycles. The first-order valence-corrected chi connectivity index (χ1v) is 10.2. The molecule has 2 aromatic rings. The number of methoxy groups -OCH3 is 1. The maximum absolute atomic E-state index is 13.1. The number of carbonyl (C=O) groups excluding carboxylic acids is 3. The van der Waals surface area contributed by atoms with Crippen LogP contribution in [-0.4, -0.2) is 49.4 Å². The van der Waals surface area contributed by atoms with Crippen molar-refractivity contribution < 1.29 is 23.9 Å². The fraction of sp³-hybridized carbons (Fsp3) is 0.318. The van der Waals surface area contributed by atoms with E-state index in [-0.39, 0.29) is 40.9 Å². The lowest BCUT2D eigenvalue weighted by atomic mass is 9.96. The molecule has 0 saturated carbocycles. The van der Waals surface area contributed by atoms with Gasteiger partial charge < -0.3 is 25.4 Å². The molecule has 0 aromatic heterocycles. The minimum atomic E-state index is -0.661. The number of nitrogens with one attached hydrogen (secondary N) is 1. The largest absolute Gasteiger partial charge is 0.493 e. The second-order valence-electron chi connectivity index (χ2n) is 7.19. The van der Waals surface area contributed by atoms with Gasteiger partial charge in [0.05, 0.1) is 18.1 Å². The van der Waals surface area contributed by atoms with Crippen molar-refractivity contribution in [3.63, 3.8) is 0 Å². The molecule has 164 valence electrons. The highest BCUT2D eigenvalue weighted by Gasteiger charge is 2.30. The molecule has 1 saturated heterocycles. The Balaban J connectivity index is 1.72. The van der Waals surface area contributed by atoms with Crippen molar-refractivity contribution in [2.45, 2.75) is 12.8 Å². The number of carbonyl (C=O) groups is 3. The number of hydrogen-bond donors (Lipinski definition) is 2. The molecule has 1 fully saturated rings. The molecular weight excluding hydrogens is 422 g/mol. The number of rotatable bonds is 7. The predicted octanol–water partition coefficient (Wildman–Crippen LogP) is 2.70. The first-order valence-electron chi connectivity index (χ1n) is 9.83. The van der Waals surface area contributed by atoms with Gasteiger partial charge >= 0.3 is 0 Å². The number of ether oxygens (including phenoxy) is 2. The number of nitrogens with zero attached hydrogens (tertiary/aromatic N) is 1. The van der Waals surface area contributed by atoms with Crippen LogP contribution in [0, 0.1) is 5.92 Å². The molecule has 31 heavy (non-hydrogen) atoms. The molecule has 3 amide bonds. The second kappa shape index (κ2) is 10.2. The maximum Gasteiger partial charge on any atom is 0.255 e. The Kier molecular flexibility index (Phi) is 7.36. The molecule has 9 heteroatoms. The van der Waals surface area contributed by atoms with Crippen LogP contribution >= 0.6 is 11.6 Å². The number of benzene rings is 2. The fourth-order valence-corrected chi connectivity index (χ4v) is 3.72. The molecule has 1 aliphatic heterocycles. The Morgan fingerprint density at radius 1 is 1.23 bits per heavy atom. The van der Waals surface area contributed by atoms with Crippen LogP contribution in [0.15, 0.2) is 42.5 Å². The van der Waals surface area contributed by atoms with Crippen molar-refractivity contribution in [2.75, 3.05) is 32.1 Å². The van der Waals surface area contributed by atoms with E-state index in [1.54, 1.807) is 4.90 Å². The van der Waals surface area contributed by atoms with Crippen molar-refractivity contribution in [1.82, 2.24) is 4.90 Å². The Hall–Kier alpha value is -3.26. The number of para-hydroxylation sites is 1. The average molecular weight is 446 g/mol. The van der Waals surface area contributed by atoms with E-state index >= 15 is 0 Å². The highest BCUT2D eigenvalue weighted by atomic mass is 35.5. The highest BCUT2D eigenvalue weighted by molar-refractivity contribution is 6.32. The van der Waals surface area contributed by atoms with E-state index in [0.29, 0.717) is 31.5 Å². The normalized spacial score (nSPS) is 15.8. The highest BCUT2D eigenvalue weighted by Crippen LogP contribution is 2.37. The summed E-state index contributed by atoms with van der Waals surface area (Å²) in [7, 11) is 1.40. The second-order valence-corrected chi connectivity index (χ2v) is 7.60. The first kappa shape index (κ1) is 22.4. The lowest BCUT2D eigenvalue weighted by Gasteiger charge is -2.32. The lowest BCUT2D eigenvalue weighted by Crippen LogP contribution is -2.43. The van der Waals surface area contributed by atoms with Crippen molar-refractivity contribution in [2.24, 2.45) is 11.7 Å². The van der Waals surface area contributed by atoms with Gasteiger partial charge in [-0.1, -0.05) is 29.8 Å². The van der Waals surface area contributed by atoms with Gasteiger partial charge in [0, 0.05) is 24.3 Å². The number of nitrogens with two attached hydrogens (primary N) is 1. The summed E-state index contributed by atoms with van der Waals surface area (Å²) >= 11 is 6.26. The van der Waals surface area contributed by atoms with Gasteiger partial charge in [-0.3, -0.25) is 14.4 Å². The summed E-state index contributed by atoms with van der Waals surface area (Å²) in [6.07, 6.45) is 1.41. The average Bonchev–Trinajstić information content (AvgIpc) is 2.77. The maximum atomic E-state index is 13.1. The third-order valence-electron chi connectivity index (χ3n) is 4.96. The number of hydrogen-bond acceptors (Lipinski definition) is 5. The van der Waals surface area contributed by atoms with Crippen LogP contribution in [0.1, 0.15) is 23.2 Å². The number of amides is 3. The summed E-state index contributed by atoms with van der Waals surface area (Å²) in [6, 6.07) is 12.2. The molecular formula is C22H24ClN3O5. The van der Waals surface area contributed by atoms with E-state index in [2.05, 4.69) is 5.32 Å². The van der Waals surface area contributed by atoms with Crippen LogP contribution in [0.4, 0.5) is 5.69 Å². The number of primary amides is 1. The van der Waals surface area contributed by atoms with Gasteiger partial charge in [0.2, 0.25) is 5.91 Å². The van der Waals surface area contributed by atoms with Gasteiger partial charge in [-0.15, -0.1) is 0 Å². The smallest absolute Gasteiger partial charge is 0.255 e. The minimum Gasteiger partial charge on any atom is -0.493 e. The standard InChI is InChI=1S/C22H24ClN3O5/c1-30-18-11-15(10-17(23)20(18)31-13-19(24)27)22(29)26-9-5-6-14(12-26)21(28)25-16-7-3-2-4-8-16/h2-4,7-8,10-11,14H,5-6,9,12-13H2,1H3,(H2,24,27)(H,25,28)/t14-/m0/s1. The van der Waals surface area contributed by atoms with Gasteiger partial charge in [0.25, 0.3) is 11.8 Å². The quantitative estimate of drug-likeness (QED) is 0.680. The van der Waals surface area contributed by atoms with Crippen LogP contribution in [0.2, 0.25) is 5.02 Å². The first-order chi connectivity index (χ1) is 14.9. The summed E-state index contributed by atoms with van der Waals surface area (Å²) in [5.41, 5.74) is 6.13. The minimum absolute atomic E-state index is 0.116. The molecule has 2 aromatic carbocycles. The zero-order valence-electron chi connectivity index (χ0n) is 17.1. The van der Waals surface area contributed by atoms with Crippen LogP contribution < -0.4 is 20.5 Å². The molecule has 3 rings (SSSR count). The summed E-state index contributed by atoms with van der Waals surface area (Å²) < 4.78 is 10.6. The van der Waals surface area contributed by atoms with E-state index in [1.807, 2.05) is 30.3 Å².